The summed E-state index contributed by atoms with van der Waals surface area (Å²) in [6, 6.07) is 2.92. The van der Waals surface area contributed by atoms with Crippen LogP contribution in [0.25, 0.3) is 0 Å². The fraction of sp³-hybridized carbons (Fsp3) is 0.923. The predicted molar refractivity (Wildman–Crippen MR) is 64.9 cm³/mol. The molecule has 3 heteroatoms. The van der Waals surface area contributed by atoms with Crippen LogP contribution in [0, 0.1) is 17.2 Å². The lowest BCUT2D eigenvalue weighted by atomic mass is 9.84. The van der Waals surface area contributed by atoms with Crippen LogP contribution in [0.3, 0.4) is 0 Å². The first-order valence-corrected chi connectivity index (χ1v) is 6.50. The Labute approximate surface area is 99.1 Å². The van der Waals surface area contributed by atoms with Crippen LogP contribution in [0.4, 0.5) is 0 Å². The molecule has 0 aromatic rings. The monoisotopic (exact) mass is 224 g/mol. The lowest BCUT2D eigenvalue weighted by molar-refractivity contribution is 0.154. The number of rotatable bonds is 6. The molecule has 2 atom stereocenters. The molecule has 1 saturated carbocycles. The van der Waals surface area contributed by atoms with Gasteiger partial charge in [-0.15, -0.1) is 0 Å². The zero-order chi connectivity index (χ0) is 11.8. The molecule has 0 aromatic heterocycles. The van der Waals surface area contributed by atoms with Crippen LogP contribution < -0.4 is 0 Å². The van der Waals surface area contributed by atoms with Gasteiger partial charge in [-0.1, -0.05) is 12.8 Å². The van der Waals surface area contributed by atoms with Gasteiger partial charge in [-0.3, -0.25) is 0 Å². The largest absolute Gasteiger partial charge is 0.396 e. The van der Waals surface area contributed by atoms with Gasteiger partial charge < -0.3 is 10.0 Å². The van der Waals surface area contributed by atoms with Crippen molar-refractivity contribution in [2.75, 3.05) is 20.2 Å². The van der Waals surface area contributed by atoms with Crippen LogP contribution in [0.15, 0.2) is 0 Å². The first kappa shape index (κ1) is 13.5. The molecule has 16 heavy (non-hydrogen) atoms. The van der Waals surface area contributed by atoms with E-state index in [9.17, 15) is 0 Å². The molecule has 2 unspecified atom stereocenters. The van der Waals surface area contributed by atoms with Gasteiger partial charge in [-0.05, 0) is 45.7 Å². The third kappa shape index (κ3) is 4.11. The minimum atomic E-state index is 0.233. The van der Waals surface area contributed by atoms with E-state index < -0.39 is 0 Å². The van der Waals surface area contributed by atoms with E-state index in [0.717, 1.165) is 32.2 Å². The number of hydrogen-bond acceptors (Lipinski definition) is 3. The normalized spacial score (nSPS) is 25.6. The number of aliphatic hydroxyl groups is 1. The third-order valence-corrected chi connectivity index (χ3v) is 3.63. The summed E-state index contributed by atoms with van der Waals surface area (Å²) >= 11 is 0. The fourth-order valence-corrected chi connectivity index (χ4v) is 2.61. The summed E-state index contributed by atoms with van der Waals surface area (Å²) in [4.78, 5) is 2.35. The summed E-state index contributed by atoms with van der Waals surface area (Å²) in [6.07, 6.45) is 7.85. The summed E-state index contributed by atoms with van der Waals surface area (Å²) in [5.41, 5.74) is 0. The average Bonchev–Trinajstić information content (AvgIpc) is 2.34. The lowest BCUT2D eigenvalue weighted by Crippen LogP contribution is -2.40. The van der Waals surface area contributed by atoms with Gasteiger partial charge in [0.15, 0.2) is 0 Å². The van der Waals surface area contributed by atoms with Crippen LogP contribution in [0.2, 0.25) is 0 Å². The maximum absolute atomic E-state index is 9.11. The van der Waals surface area contributed by atoms with Gasteiger partial charge in [0.25, 0.3) is 0 Å². The summed E-state index contributed by atoms with van der Waals surface area (Å²) in [7, 11) is 2.14. The van der Waals surface area contributed by atoms with E-state index in [1.54, 1.807) is 0 Å². The molecule has 1 aliphatic rings. The SMILES string of the molecule is CN(CCCCCO)C1CCCCC1C#N. The molecule has 0 aromatic carbocycles. The summed E-state index contributed by atoms with van der Waals surface area (Å²) in [6.45, 7) is 1.36. The second-order valence-corrected chi connectivity index (χ2v) is 4.85. The highest BCUT2D eigenvalue weighted by Crippen LogP contribution is 2.27. The quantitative estimate of drug-likeness (QED) is 0.703. The van der Waals surface area contributed by atoms with Crippen molar-refractivity contribution in [3.8, 4) is 6.07 Å². The average molecular weight is 224 g/mol. The Hall–Kier alpha value is -0.590. The number of nitriles is 1. The van der Waals surface area contributed by atoms with Gasteiger partial charge in [0.05, 0.1) is 12.0 Å². The van der Waals surface area contributed by atoms with Gasteiger partial charge in [-0.2, -0.15) is 5.26 Å². The number of nitrogens with zero attached hydrogens (tertiary/aromatic N) is 2. The molecule has 0 bridgehead atoms. The molecule has 0 aliphatic heterocycles. The molecule has 1 aliphatic carbocycles. The van der Waals surface area contributed by atoms with Crippen molar-refractivity contribution >= 4 is 0 Å². The zero-order valence-corrected chi connectivity index (χ0v) is 10.4. The number of hydrogen-bond donors (Lipinski definition) is 1. The summed E-state index contributed by atoms with van der Waals surface area (Å²) < 4.78 is 0. The van der Waals surface area contributed by atoms with Crippen molar-refractivity contribution in [1.29, 1.82) is 5.26 Å². The van der Waals surface area contributed by atoms with Crippen LogP contribution >= 0.6 is 0 Å². The van der Waals surface area contributed by atoms with Gasteiger partial charge in [0, 0.05) is 12.6 Å². The molecule has 0 saturated heterocycles. The van der Waals surface area contributed by atoms with Gasteiger partial charge in [0.1, 0.15) is 0 Å². The van der Waals surface area contributed by atoms with Gasteiger partial charge >= 0.3 is 0 Å². The van der Waals surface area contributed by atoms with Crippen LogP contribution in [0.5, 0.6) is 0 Å². The minimum Gasteiger partial charge on any atom is -0.396 e. The lowest BCUT2D eigenvalue weighted by Gasteiger charge is -2.34. The first-order valence-electron chi connectivity index (χ1n) is 6.50. The molecule has 1 fully saturated rings. The van der Waals surface area contributed by atoms with E-state index in [4.69, 9.17) is 10.4 Å². The zero-order valence-electron chi connectivity index (χ0n) is 10.4. The van der Waals surface area contributed by atoms with Crippen molar-refractivity contribution < 1.29 is 5.11 Å². The van der Waals surface area contributed by atoms with E-state index in [2.05, 4.69) is 18.0 Å². The fourth-order valence-electron chi connectivity index (χ4n) is 2.61. The van der Waals surface area contributed by atoms with Crippen molar-refractivity contribution in [2.45, 2.75) is 51.0 Å². The Morgan fingerprint density at radius 3 is 2.69 bits per heavy atom. The highest BCUT2D eigenvalue weighted by atomic mass is 16.2. The summed E-state index contributed by atoms with van der Waals surface area (Å²) in [5, 5.41) is 17.8. The van der Waals surface area contributed by atoms with E-state index in [-0.39, 0.29) is 5.92 Å². The van der Waals surface area contributed by atoms with Crippen molar-refractivity contribution in [3.63, 3.8) is 0 Å². The molecule has 3 nitrogen and oxygen atoms in total. The van der Waals surface area contributed by atoms with E-state index >= 15 is 0 Å². The molecule has 1 rings (SSSR count). The molecular weight excluding hydrogens is 200 g/mol. The topological polar surface area (TPSA) is 47.3 Å². The highest BCUT2D eigenvalue weighted by molar-refractivity contribution is 4.94. The molecule has 0 spiro atoms. The Balaban J connectivity index is 2.28. The predicted octanol–water partition coefficient (Wildman–Crippen LogP) is 2.16. The van der Waals surface area contributed by atoms with Crippen LogP contribution in [-0.4, -0.2) is 36.2 Å². The smallest absolute Gasteiger partial charge is 0.0672 e. The maximum Gasteiger partial charge on any atom is 0.0672 e. The number of aliphatic hydroxyl groups excluding tert-OH is 1. The molecular formula is C13H24N2O. The van der Waals surface area contributed by atoms with Crippen LogP contribution in [-0.2, 0) is 0 Å². The Morgan fingerprint density at radius 1 is 1.25 bits per heavy atom. The van der Waals surface area contributed by atoms with Crippen molar-refractivity contribution in [1.82, 2.24) is 4.90 Å². The Morgan fingerprint density at radius 2 is 2.00 bits per heavy atom. The highest BCUT2D eigenvalue weighted by Gasteiger charge is 2.27. The van der Waals surface area contributed by atoms with Crippen molar-refractivity contribution in [3.05, 3.63) is 0 Å². The van der Waals surface area contributed by atoms with Crippen LogP contribution in [0.1, 0.15) is 44.9 Å². The number of unbranched alkanes of at least 4 members (excludes halogenated alkanes) is 2. The third-order valence-electron chi connectivity index (χ3n) is 3.63. The molecule has 1 N–H and O–H groups in total. The second-order valence-electron chi connectivity index (χ2n) is 4.85. The van der Waals surface area contributed by atoms with E-state index in [1.165, 1.54) is 19.3 Å². The standard InChI is InChI=1S/C13H24N2O/c1-15(9-5-2-6-10-16)13-8-4-3-7-12(13)11-14/h12-13,16H,2-10H2,1H3. The second kappa shape index (κ2) is 7.65. The molecule has 0 amide bonds. The van der Waals surface area contributed by atoms with Gasteiger partial charge in [0.2, 0.25) is 0 Å². The summed E-state index contributed by atoms with van der Waals surface area (Å²) in [5.74, 6) is 0.233. The van der Waals surface area contributed by atoms with Crippen molar-refractivity contribution in [2.24, 2.45) is 5.92 Å². The molecule has 0 heterocycles. The minimum absolute atomic E-state index is 0.233. The van der Waals surface area contributed by atoms with Gasteiger partial charge in [-0.25, -0.2) is 0 Å². The first-order chi connectivity index (χ1) is 7.79. The molecule has 0 radical (unpaired) electrons. The van der Waals surface area contributed by atoms with E-state index in [0.29, 0.717) is 12.6 Å². The Bertz CT molecular complexity index is 224. The Kier molecular flexibility index (Phi) is 6.44. The molecule has 92 valence electrons. The maximum atomic E-state index is 9.11. The van der Waals surface area contributed by atoms with E-state index in [1.807, 2.05) is 0 Å².